The summed E-state index contributed by atoms with van der Waals surface area (Å²) >= 11 is 0. The summed E-state index contributed by atoms with van der Waals surface area (Å²) in [5.74, 6) is 0. The molecule has 0 aliphatic rings. The summed E-state index contributed by atoms with van der Waals surface area (Å²) in [7, 11) is 1.42. The molecule has 0 aromatic heterocycles. The van der Waals surface area contributed by atoms with Crippen molar-refractivity contribution in [2.24, 2.45) is 0 Å². The molecule has 0 spiro atoms. The number of hydrogen-bond acceptors (Lipinski definition) is 2. The number of halogens is 3. The Morgan fingerprint density at radius 1 is 1.33 bits per heavy atom. The minimum atomic E-state index is -4.30. The molecule has 1 atom stereocenters. The topological polar surface area (TPSA) is 21.3 Å². The van der Waals surface area contributed by atoms with Crippen molar-refractivity contribution in [2.75, 3.05) is 7.11 Å². The Balaban J connectivity index is 2.92. The van der Waals surface area contributed by atoms with Crippen molar-refractivity contribution in [3.63, 3.8) is 0 Å². The Labute approximate surface area is 86.0 Å². The predicted octanol–water partition coefficient (Wildman–Crippen LogP) is 2.92. The highest BCUT2D eigenvalue weighted by Gasteiger charge is 2.30. The molecule has 0 amide bonds. The molecular formula is C10H12F3NO. The number of alkyl halides is 3. The summed E-state index contributed by atoms with van der Waals surface area (Å²) < 4.78 is 37.1. The maximum Gasteiger partial charge on any atom is 0.416 e. The van der Waals surface area contributed by atoms with Crippen LogP contribution in [0.5, 0.6) is 0 Å². The number of hydrogen-bond donors (Lipinski definition) is 1. The molecule has 5 heteroatoms. The van der Waals surface area contributed by atoms with Gasteiger partial charge in [-0.05, 0) is 24.6 Å². The second-order valence-electron chi connectivity index (χ2n) is 3.17. The third-order valence-electron chi connectivity index (χ3n) is 2.01. The van der Waals surface area contributed by atoms with Crippen LogP contribution in [-0.2, 0) is 11.0 Å². The van der Waals surface area contributed by atoms with Crippen molar-refractivity contribution in [3.05, 3.63) is 35.4 Å². The Bertz CT molecular complexity index is 325. The molecule has 1 rings (SSSR count). The van der Waals surface area contributed by atoms with Crippen LogP contribution in [0.2, 0.25) is 0 Å². The summed E-state index contributed by atoms with van der Waals surface area (Å²) in [6.07, 6.45) is -4.30. The normalized spacial score (nSPS) is 13.9. The first-order chi connectivity index (χ1) is 6.95. The zero-order valence-corrected chi connectivity index (χ0v) is 8.43. The van der Waals surface area contributed by atoms with E-state index in [2.05, 4.69) is 10.3 Å². The van der Waals surface area contributed by atoms with Crippen LogP contribution in [0, 0.1) is 0 Å². The highest BCUT2D eigenvalue weighted by atomic mass is 19.4. The van der Waals surface area contributed by atoms with Crippen molar-refractivity contribution in [2.45, 2.75) is 19.1 Å². The van der Waals surface area contributed by atoms with E-state index in [0.29, 0.717) is 5.56 Å². The summed E-state index contributed by atoms with van der Waals surface area (Å²) in [6, 6.07) is 4.87. The molecule has 1 N–H and O–H groups in total. The lowest BCUT2D eigenvalue weighted by molar-refractivity contribution is -0.137. The molecule has 1 unspecified atom stereocenters. The lowest BCUT2D eigenvalue weighted by atomic mass is 10.1. The van der Waals surface area contributed by atoms with Crippen LogP contribution in [0.25, 0.3) is 0 Å². The van der Waals surface area contributed by atoms with Crippen molar-refractivity contribution in [3.8, 4) is 0 Å². The van der Waals surface area contributed by atoms with Gasteiger partial charge in [-0.1, -0.05) is 12.1 Å². The fraction of sp³-hybridized carbons (Fsp3) is 0.400. The molecular weight excluding hydrogens is 207 g/mol. The zero-order valence-electron chi connectivity index (χ0n) is 8.43. The first-order valence-corrected chi connectivity index (χ1v) is 4.41. The summed E-state index contributed by atoms with van der Waals surface area (Å²) in [6.45, 7) is 1.72. The van der Waals surface area contributed by atoms with Gasteiger partial charge in [0.25, 0.3) is 0 Å². The number of rotatable bonds is 3. The first kappa shape index (κ1) is 12.0. The van der Waals surface area contributed by atoms with E-state index >= 15 is 0 Å². The van der Waals surface area contributed by atoms with Crippen molar-refractivity contribution >= 4 is 0 Å². The monoisotopic (exact) mass is 219 g/mol. The van der Waals surface area contributed by atoms with Gasteiger partial charge in [0.15, 0.2) is 0 Å². The van der Waals surface area contributed by atoms with Crippen LogP contribution in [0.15, 0.2) is 24.3 Å². The van der Waals surface area contributed by atoms with Gasteiger partial charge in [-0.15, -0.1) is 0 Å². The number of nitrogens with one attached hydrogen (secondary N) is 1. The molecule has 0 saturated heterocycles. The SMILES string of the molecule is CONC(C)c1cccc(C(F)(F)F)c1. The smallest absolute Gasteiger partial charge is 0.305 e. The van der Waals surface area contributed by atoms with Gasteiger partial charge in [0.2, 0.25) is 0 Å². The van der Waals surface area contributed by atoms with E-state index in [1.54, 1.807) is 13.0 Å². The highest BCUT2D eigenvalue weighted by molar-refractivity contribution is 5.27. The lowest BCUT2D eigenvalue weighted by Gasteiger charge is -2.14. The van der Waals surface area contributed by atoms with Crippen LogP contribution in [0.1, 0.15) is 24.1 Å². The van der Waals surface area contributed by atoms with Crippen molar-refractivity contribution in [1.29, 1.82) is 0 Å². The van der Waals surface area contributed by atoms with E-state index in [0.717, 1.165) is 12.1 Å². The third kappa shape index (κ3) is 3.21. The van der Waals surface area contributed by atoms with Crippen LogP contribution in [0.3, 0.4) is 0 Å². The molecule has 0 bridgehead atoms. The Morgan fingerprint density at radius 3 is 2.53 bits per heavy atom. The number of benzene rings is 1. The highest BCUT2D eigenvalue weighted by Crippen LogP contribution is 2.30. The fourth-order valence-electron chi connectivity index (χ4n) is 1.23. The van der Waals surface area contributed by atoms with Gasteiger partial charge in [0.05, 0.1) is 18.7 Å². The first-order valence-electron chi connectivity index (χ1n) is 4.41. The Kier molecular flexibility index (Phi) is 3.71. The third-order valence-corrected chi connectivity index (χ3v) is 2.01. The molecule has 0 saturated carbocycles. The summed E-state index contributed by atoms with van der Waals surface area (Å²) in [5, 5.41) is 0. The molecule has 1 aromatic carbocycles. The molecule has 0 aliphatic heterocycles. The van der Waals surface area contributed by atoms with Gasteiger partial charge >= 0.3 is 6.18 Å². The molecule has 2 nitrogen and oxygen atoms in total. The molecule has 0 heterocycles. The van der Waals surface area contributed by atoms with Crippen molar-refractivity contribution < 1.29 is 18.0 Å². The standard InChI is InChI=1S/C10H12F3NO/c1-7(14-15-2)8-4-3-5-9(6-8)10(11,12)13/h3-7,14H,1-2H3. The molecule has 0 aliphatic carbocycles. The zero-order chi connectivity index (χ0) is 11.5. The summed E-state index contributed by atoms with van der Waals surface area (Å²) in [4.78, 5) is 4.65. The maximum absolute atomic E-state index is 12.4. The average Bonchev–Trinajstić information content (AvgIpc) is 2.17. The summed E-state index contributed by atoms with van der Waals surface area (Å²) in [5.41, 5.74) is 2.46. The lowest BCUT2D eigenvalue weighted by Crippen LogP contribution is -2.17. The molecule has 0 fully saturated rings. The minimum Gasteiger partial charge on any atom is -0.305 e. The molecule has 1 aromatic rings. The van der Waals surface area contributed by atoms with Gasteiger partial charge < -0.3 is 4.84 Å². The van der Waals surface area contributed by atoms with E-state index < -0.39 is 11.7 Å². The van der Waals surface area contributed by atoms with E-state index in [-0.39, 0.29) is 6.04 Å². The van der Waals surface area contributed by atoms with Gasteiger partial charge in [0, 0.05) is 0 Å². The number of hydroxylamine groups is 1. The molecule has 84 valence electrons. The second-order valence-corrected chi connectivity index (χ2v) is 3.17. The van der Waals surface area contributed by atoms with Crippen LogP contribution < -0.4 is 5.48 Å². The van der Waals surface area contributed by atoms with Crippen LogP contribution in [-0.4, -0.2) is 7.11 Å². The van der Waals surface area contributed by atoms with Gasteiger partial charge in [-0.25, -0.2) is 0 Å². The quantitative estimate of drug-likeness (QED) is 0.789. The van der Waals surface area contributed by atoms with E-state index in [9.17, 15) is 13.2 Å². The van der Waals surface area contributed by atoms with Crippen molar-refractivity contribution in [1.82, 2.24) is 5.48 Å². The largest absolute Gasteiger partial charge is 0.416 e. The van der Waals surface area contributed by atoms with E-state index in [1.807, 2.05) is 0 Å². The fourth-order valence-corrected chi connectivity index (χ4v) is 1.23. The maximum atomic E-state index is 12.4. The van der Waals surface area contributed by atoms with E-state index in [1.165, 1.54) is 13.2 Å². The minimum absolute atomic E-state index is 0.280. The average molecular weight is 219 g/mol. The van der Waals surface area contributed by atoms with Gasteiger partial charge in [0.1, 0.15) is 0 Å². The predicted molar refractivity (Wildman–Crippen MR) is 50.0 cm³/mol. The van der Waals surface area contributed by atoms with Crippen LogP contribution in [0.4, 0.5) is 13.2 Å². The van der Waals surface area contributed by atoms with E-state index in [4.69, 9.17) is 0 Å². The van der Waals surface area contributed by atoms with Gasteiger partial charge in [-0.3, -0.25) is 0 Å². The Hall–Kier alpha value is -1.07. The van der Waals surface area contributed by atoms with Crippen LogP contribution >= 0.6 is 0 Å². The molecule has 15 heavy (non-hydrogen) atoms. The van der Waals surface area contributed by atoms with Gasteiger partial charge in [-0.2, -0.15) is 18.7 Å². The second kappa shape index (κ2) is 4.63. The Morgan fingerprint density at radius 2 is 2.00 bits per heavy atom. The molecule has 0 radical (unpaired) electrons.